The lowest BCUT2D eigenvalue weighted by molar-refractivity contribution is 0.155. The number of hydrogen-bond acceptors (Lipinski definition) is 6. The Balaban J connectivity index is 1.75. The Bertz CT molecular complexity index is 929. The van der Waals surface area contributed by atoms with Gasteiger partial charge in [-0.2, -0.15) is 0 Å². The van der Waals surface area contributed by atoms with Crippen molar-refractivity contribution in [3.05, 3.63) is 66.2 Å². The molecule has 0 aliphatic carbocycles. The summed E-state index contributed by atoms with van der Waals surface area (Å²) in [4.78, 5) is 28.3. The van der Waals surface area contributed by atoms with Crippen LogP contribution in [0.25, 0.3) is 11.3 Å². The highest BCUT2D eigenvalue weighted by Crippen LogP contribution is 2.36. The molecule has 7 nitrogen and oxygen atoms in total. The van der Waals surface area contributed by atoms with Gasteiger partial charge in [0, 0.05) is 5.56 Å². The largest absolute Gasteiger partial charge is 0.450 e. The minimum atomic E-state index is -0.604. The third-order valence-electron chi connectivity index (χ3n) is 3.59. The average Bonchev–Trinajstić information content (AvgIpc) is 3.10. The number of hydrogen-bond donors (Lipinski definition) is 2. The fourth-order valence-corrected chi connectivity index (χ4v) is 3.22. The summed E-state index contributed by atoms with van der Waals surface area (Å²) in [6.07, 6.45) is -1.21. The van der Waals surface area contributed by atoms with Crippen LogP contribution in [0.2, 0.25) is 0 Å². The lowest BCUT2D eigenvalue weighted by Gasteiger charge is -2.07. The van der Waals surface area contributed by atoms with Crippen molar-refractivity contribution in [2.75, 3.05) is 17.2 Å². The van der Waals surface area contributed by atoms with Crippen molar-refractivity contribution >= 4 is 33.7 Å². The van der Waals surface area contributed by atoms with Crippen LogP contribution in [-0.2, 0) is 16.1 Å². The first-order chi connectivity index (χ1) is 13.7. The zero-order chi connectivity index (χ0) is 19.8. The van der Waals surface area contributed by atoms with Gasteiger partial charge in [-0.25, -0.2) is 14.6 Å². The van der Waals surface area contributed by atoms with Gasteiger partial charge in [0.15, 0.2) is 5.13 Å². The van der Waals surface area contributed by atoms with Gasteiger partial charge in [0.1, 0.15) is 17.3 Å². The van der Waals surface area contributed by atoms with Crippen molar-refractivity contribution in [3.63, 3.8) is 0 Å². The van der Waals surface area contributed by atoms with Gasteiger partial charge in [0.2, 0.25) is 0 Å². The molecule has 0 fully saturated rings. The molecule has 28 heavy (non-hydrogen) atoms. The van der Waals surface area contributed by atoms with Gasteiger partial charge >= 0.3 is 12.2 Å². The monoisotopic (exact) mass is 397 g/mol. The highest BCUT2D eigenvalue weighted by molar-refractivity contribution is 7.20. The average molecular weight is 397 g/mol. The Morgan fingerprint density at radius 3 is 2.25 bits per heavy atom. The van der Waals surface area contributed by atoms with Gasteiger partial charge in [-0.1, -0.05) is 72.0 Å². The number of benzene rings is 2. The molecular formula is C20H19N3O4S. The summed E-state index contributed by atoms with van der Waals surface area (Å²) >= 11 is 1.12. The van der Waals surface area contributed by atoms with E-state index in [2.05, 4.69) is 15.6 Å². The Hall–Kier alpha value is -3.39. The summed E-state index contributed by atoms with van der Waals surface area (Å²) in [5.74, 6) is 0. The molecule has 0 saturated heterocycles. The van der Waals surface area contributed by atoms with Crippen molar-refractivity contribution < 1.29 is 19.1 Å². The highest BCUT2D eigenvalue weighted by Gasteiger charge is 2.17. The molecule has 2 amide bonds. The quantitative estimate of drug-likeness (QED) is 0.602. The van der Waals surface area contributed by atoms with Crippen molar-refractivity contribution in [1.29, 1.82) is 0 Å². The van der Waals surface area contributed by atoms with E-state index < -0.39 is 12.2 Å². The van der Waals surface area contributed by atoms with Gasteiger partial charge in [-0.15, -0.1) is 0 Å². The molecule has 1 heterocycles. The van der Waals surface area contributed by atoms with E-state index in [9.17, 15) is 9.59 Å². The Morgan fingerprint density at radius 2 is 1.57 bits per heavy atom. The van der Waals surface area contributed by atoms with E-state index in [0.29, 0.717) is 15.8 Å². The number of aromatic nitrogens is 1. The maximum absolute atomic E-state index is 12.2. The lowest BCUT2D eigenvalue weighted by Crippen LogP contribution is -2.13. The number of anilines is 2. The molecule has 0 bridgehead atoms. The first-order valence-electron chi connectivity index (χ1n) is 8.63. The van der Waals surface area contributed by atoms with Crippen molar-refractivity contribution in [3.8, 4) is 11.3 Å². The fourth-order valence-electron chi connectivity index (χ4n) is 2.36. The van der Waals surface area contributed by atoms with E-state index in [4.69, 9.17) is 9.47 Å². The van der Waals surface area contributed by atoms with E-state index >= 15 is 0 Å². The number of carbonyl (C=O) groups is 2. The van der Waals surface area contributed by atoms with E-state index in [-0.39, 0.29) is 13.2 Å². The molecule has 2 aromatic carbocycles. The first-order valence-corrected chi connectivity index (χ1v) is 9.45. The van der Waals surface area contributed by atoms with Crippen molar-refractivity contribution in [1.82, 2.24) is 4.98 Å². The summed E-state index contributed by atoms with van der Waals surface area (Å²) in [6, 6.07) is 18.7. The van der Waals surface area contributed by atoms with Gasteiger partial charge in [0.05, 0.1) is 6.61 Å². The van der Waals surface area contributed by atoms with Gasteiger partial charge in [0.25, 0.3) is 0 Å². The fraction of sp³-hybridized carbons (Fsp3) is 0.150. The molecule has 2 N–H and O–H groups in total. The Kier molecular flexibility index (Phi) is 6.59. The van der Waals surface area contributed by atoms with Crippen LogP contribution in [0.15, 0.2) is 60.7 Å². The summed E-state index contributed by atoms with van der Waals surface area (Å²) in [6.45, 7) is 2.12. The van der Waals surface area contributed by atoms with E-state index in [1.54, 1.807) is 6.92 Å². The van der Waals surface area contributed by atoms with Crippen LogP contribution in [0.5, 0.6) is 0 Å². The molecule has 8 heteroatoms. The maximum Gasteiger partial charge on any atom is 0.413 e. The van der Waals surface area contributed by atoms with Crippen LogP contribution < -0.4 is 10.6 Å². The molecule has 1 aromatic heterocycles. The predicted molar refractivity (Wildman–Crippen MR) is 108 cm³/mol. The number of nitrogens with one attached hydrogen (secondary N) is 2. The third-order valence-corrected chi connectivity index (χ3v) is 4.47. The van der Waals surface area contributed by atoms with Crippen LogP contribution in [0, 0.1) is 0 Å². The minimum absolute atomic E-state index is 0.153. The molecule has 0 radical (unpaired) electrons. The molecule has 0 aliphatic rings. The summed E-state index contributed by atoms with van der Waals surface area (Å²) in [7, 11) is 0. The normalized spacial score (nSPS) is 10.2. The smallest absolute Gasteiger partial charge is 0.413 e. The minimum Gasteiger partial charge on any atom is -0.450 e. The van der Waals surface area contributed by atoms with Gasteiger partial charge in [-0.05, 0) is 12.5 Å². The molecule has 144 valence electrons. The van der Waals surface area contributed by atoms with E-state index in [0.717, 1.165) is 22.5 Å². The predicted octanol–water partition coefficient (Wildman–Crippen LogP) is 5.13. The molecular weight excluding hydrogens is 378 g/mol. The van der Waals surface area contributed by atoms with Crippen LogP contribution in [0.4, 0.5) is 19.7 Å². The third kappa shape index (κ3) is 5.31. The molecule has 3 aromatic rings. The molecule has 3 rings (SSSR count). The van der Waals surface area contributed by atoms with Crippen LogP contribution in [0.3, 0.4) is 0 Å². The van der Waals surface area contributed by atoms with Crippen molar-refractivity contribution in [2.24, 2.45) is 0 Å². The molecule has 0 atom stereocenters. The van der Waals surface area contributed by atoms with Crippen LogP contribution >= 0.6 is 11.3 Å². The number of amides is 2. The number of carbonyl (C=O) groups excluding carboxylic acids is 2. The standard InChI is InChI=1S/C20H19N3O4S/c1-2-26-20(25)23-18-21-16(15-11-7-4-8-12-15)17(28-18)22-19(24)27-13-14-9-5-3-6-10-14/h3-12H,2,13H2,1H3,(H,22,24)(H,21,23,25). The number of thiazole rings is 1. The Labute approximate surface area is 166 Å². The Morgan fingerprint density at radius 1 is 0.929 bits per heavy atom. The lowest BCUT2D eigenvalue weighted by atomic mass is 10.2. The topological polar surface area (TPSA) is 89.5 Å². The summed E-state index contributed by atoms with van der Waals surface area (Å²) < 4.78 is 10.1. The van der Waals surface area contributed by atoms with Gasteiger partial charge < -0.3 is 9.47 Å². The number of rotatable bonds is 6. The second kappa shape index (κ2) is 9.52. The second-order valence-corrected chi connectivity index (χ2v) is 6.59. The second-order valence-electron chi connectivity index (χ2n) is 5.59. The van der Waals surface area contributed by atoms with E-state index in [1.807, 2.05) is 60.7 Å². The van der Waals surface area contributed by atoms with Gasteiger partial charge in [-0.3, -0.25) is 10.6 Å². The number of ether oxygens (including phenoxy) is 2. The van der Waals surface area contributed by atoms with E-state index in [1.165, 1.54) is 0 Å². The highest BCUT2D eigenvalue weighted by atomic mass is 32.1. The summed E-state index contributed by atoms with van der Waals surface area (Å²) in [5.41, 5.74) is 2.22. The SMILES string of the molecule is CCOC(=O)Nc1nc(-c2ccccc2)c(NC(=O)OCc2ccccc2)s1. The van der Waals surface area contributed by atoms with Crippen molar-refractivity contribution in [2.45, 2.75) is 13.5 Å². The van der Waals surface area contributed by atoms with Crippen LogP contribution in [0.1, 0.15) is 12.5 Å². The molecule has 0 aliphatic heterocycles. The molecule has 0 saturated carbocycles. The molecule has 0 spiro atoms. The zero-order valence-corrected chi connectivity index (χ0v) is 16.0. The number of nitrogens with zero attached hydrogens (tertiary/aromatic N) is 1. The maximum atomic E-state index is 12.2. The first kappa shape index (κ1) is 19.4. The van der Waals surface area contributed by atoms with Crippen LogP contribution in [-0.4, -0.2) is 23.8 Å². The summed E-state index contributed by atoms with van der Waals surface area (Å²) in [5, 5.41) is 6.05. The molecule has 0 unspecified atom stereocenters. The zero-order valence-electron chi connectivity index (χ0n) is 15.2.